The van der Waals surface area contributed by atoms with E-state index in [1.165, 1.54) is 6.07 Å². The molecule has 1 aromatic carbocycles. The lowest BCUT2D eigenvalue weighted by atomic mass is 10.1. The summed E-state index contributed by atoms with van der Waals surface area (Å²) in [6.07, 6.45) is 0.560. The van der Waals surface area contributed by atoms with Crippen LogP contribution in [0.4, 0.5) is 0 Å². The minimum atomic E-state index is -0.364. The highest BCUT2D eigenvalue weighted by Crippen LogP contribution is 2.22. The van der Waals surface area contributed by atoms with Gasteiger partial charge in [-0.15, -0.1) is 0 Å². The van der Waals surface area contributed by atoms with Crippen LogP contribution in [-0.2, 0) is 20.7 Å². The minimum Gasteiger partial charge on any atom is -0.508 e. The lowest BCUT2D eigenvalue weighted by Crippen LogP contribution is -2.16. The maximum Gasteiger partial charge on any atom is 0.332 e. The predicted molar refractivity (Wildman–Crippen MR) is 83.0 cm³/mol. The summed E-state index contributed by atoms with van der Waals surface area (Å²) in [5.41, 5.74) is 6.23. The number of carbonyl (C=O) groups excluding carboxylic acids is 1. The molecule has 0 spiro atoms. The fourth-order valence-electron chi connectivity index (χ4n) is 1.69. The Labute approximate surface area is 131 Å². The summed E-state index contributed by atoms with van der Waals surface area (Å²) < 4.78 is 15.7. The van der Waals surface area contributed by atoms with Crippen molar-refractivity contribution in [2.45, 2.75) is 20.3 Å². The Morgan fingerprint density at radius 1 is 1.27 bits per heavy atom. The summed E-state index contributed by atoms with van der Waals surface area (Å²) in [5.74, 6) is 0.637. The highest BCUT2D eigenvalue weighted by atomic mass is 16.6. The summed E-state index contributed by atoms with van der Waals surface area (Å²) in [5, 5.41) is 9.63. The molecule has 0 saturated carbocycles. The zero-order chi connectivity index (χ0) is 16.4. The fourth-order valence-corrected chi connectivity index (χ4v) is 1.69. The molecule has 1 rings (SSSR count). The summed E-state index contributed by atoms with van der Waals surface area (Å²) >= 11 is 0. The van der Waals surface area contributed by atoms with Gasteiger partial charge >= 0.3 is 5.97 Å². The third kappa shape index (κ3) is 7.85. The van der Waals surface area contributed by atoms with Gasteiger partial charge < -0.3 is 25.1 Å². The number of hydrogen-bond donors (Lipinski definition) is 2. The Bertz CT molecular complexity index is 462. The molecular formula is C16H25NO5. The second-order valence-corrected chi connectivity index (χ2v) is 5.35. The van der Waals surface area contributed by atoms with Gasteiger partial charge in [-0.2, -0.15) is 0 Å². The minimum absolute atomic E-state index is 0.0674. The topological polar surface area (TPSA) is 91.0 Å². The summed E-state index contributed by atoms with van der Waals surface area (Å²) in [6.45, 7) is 5.43. The number of phenols is 1. The zero-order valence-electron chi connectivity index (χ0n) is 13.2. The van der Waals surface area contributed by atoms with Crippen molar-refractivity contribution in [1.29, 1.82) is 0 Å². The van der Waals surface area contributed by atoms with Crippen LogP contribution < -0.4 is 10.5 Å². The van der Waals surface area contributed by atoms with Crippen LogP contribution in [0.1, 0.15) is 19.4 Å². The van der Waals surface area contributed by atoms with Gasteiger partial charge in [0.25, 0.3) is 0 Å². The molecule has 0 unspecified atom stereocenters. The van der Waals surface area contributed by atoms with Gasteiger partial charge in [0.15, 0.2) is 0 Å². The van der Waals surface area contributed by atoms with Crippen LogP contribution in [0, 0.1) is 5.92 Å². The monoisotopic (exact) mass is 311 g/mol. The van der Waals surface area contributed by atoms with E-state index in [1.807, 2.05) is 19.9 Å². The number of hydrogen-bond acceptors (Lipinski definition) is 6. The third-order valence-corrected chi connectivity index (χ3v) is 2.67. The van der Waals surface area contributed by atoms with Crippen molar-refractivity contribution in [2.75, 3.05) is 33.0 Å². The van der Waals surface area contributed by atoms with Crippen LogP contribution in [-0.4, -0.2) is 44.0 Å². The molecule has 0 aliphatic carbocycles. The molecule has 124 valence electrons. The van der Waals surface area contributed by atoms with Gasteiger partial charge in [-0.3, -0.25) is 0 Å². The van der Waals surface area contributed by atoms with E-state index in [2.05, 4.69) is 0 Å². The average molecular weight is 311 g/mol. The quantitative estimate of drug-likeness (QED) is 0.502. The van der Waals surface area contributed by atoms with Crippen molar-refractivity contribution in [3.05, 3.63) is 23.8 Å². The molecule has 0 bridgehead atoms. The normalized spacial score (nSPS) is 10.7. The van der Waals surface area contributed by atoms with Crippen molar-refractivity contribution in [3.8, 4) is 11.5 Å². The molecule has 0 radical (unpaired) electrons. The van der Waals surface area contributed by atoms with Crippen LogP contribution in [0.15, 0.2) is 18.2 Å². The Kier molecular flexibility index (Phi) is 8.32. The number of esters is 1. The third-order valence-electron chi connectivity index (χ3n) is 2.67. The average Bonchev–Trinajstić information content (AvgIpc) is 2.47. The Morgan fingerprint density at radius 2 is 2.05 bits per heavy atom. The van der Waals surface area contributed by atoms with Crippen molar-refractivity contribution in [3.63, 3.8) is 0 Å². The zero-order valence-corrected chi connectivity index (χ0v) is 13.2. The second-order valence-electron chi connectivity index (χ2n) is 5.35. The van der Waals surface area contributed by atoms with Crippen LogP contribution >= 0.6 is 0 Å². The van der Waals surface area contributed by atoms with Gasteiger partial charge in [-0.25, -0.2) is 4.79 Å². The molecule has 0 saturated heterocycles. The molecule has 0 fully saturated rings. The molecule has 0 aliphatic heterocycles. The second kappa shape index (κ2) is 10.0. The predicted octanol–water partition coefficient (Wildman–Crippen LogP) is 1.49. The first kappa shape index (κ1) is 18.3. The number of ether oxygens (including phenoxy) is 3. The maximum atomic E-state index is 11.4. The van der Waals surface area contributed by atoms with Gasteiger partial charge in [0.05, 0.1) is 13.2 Å². The Morgan fingerprint density at radius 3 is 2.73 bits per heavy atom. The number of aromatic hydroxyl groups is 1. The first-order chi connectivity index (χ1) is 10.5. The van der Waals surface area contributed by atoms with Crippen LogP contribution in [0.25, 0.3) is 0 Å². The maximum absolute atomic E-state index is 11.4. The van der Waals surface area contributed by atoms with Gasteiger partial charge in [0.1, 0.15) is 24.7 Å². The standard InChI is InChI=1S/C16H25NO5/c1-12(2)10-22-16(19)11-20-5-3-13-7-14(18)9-15(8-13)21-6-4-17/h7-9,12,18H,3-6,10-11,17H2,1-2H3. The number of carbonyl (C=O) groups is 1. The summed E-state index contributed by atoms with van der Waals surface area (Å²) in [6, 6.07) is 4.98. The number of phenolic OH excluding ortho intramolecular Hbond substituents is 1. The lowest BCUT2D eigenvalue weighted by Gasteiger charge is -2.09. The van der Waals surface area contributed by atoms with Crippen molar-refractivity contribution in [1.82, 2.24) is 0 Å². The smallest absolute Gasteiger partial charge is 0.332 e. The molecule has 0 atom stereocenters. The van der Waals surface area contributed by atoms with E-state index in [-0.39, 0.29) is 18.3 Å². The van der Waals surface area contributed by atoms with E-state index in [0.717, 1.165) is 5.56 Å². The fraction of sp³-hybridized carbons (Fsp3) is 0.562. The van der Waals surface area contributed by atoms with E-state index in [4.69, 9.17) is 19.9 Å². The summed E-state index contributed by atoms with van der Waals surface area (Å²) in [7, 11) is 0. The molecule has 0 aliphatic rings. The van der Waals surface area contributed by atoms with E-state index >= 15 is 0 Å². The van der Waals surface area contributed by atoms with Crippen molar-refractivity contribution in [2.24, 2.45) is 11.7 Å². The molecular weight excluding hydrogens is 286 g/mol. The highest BCUT2D eigenvalue weighted by molar-refractivity contribution is 5.70. The number of rotatable bonds is 10. The molecule has 0 heterocycles. The van der Waals surface area contributed by atoms with Crippen LogP contribution in [0.5, 0.6) is 11.5 Å². The van der Waals surface area contributed by atoms with Gasteiger partial charge in [-0.05, 0) is 30.0 Å². The summed E-state index contributed by atoms with van der Waals surface area (Å²) in [4.78, 5) is 11.4. The number of benzene rings is 1. The molecule has 0 amide bonds. The van der Waals surface area contributed by atoms with Crippen LogP contribution in [0.3, 0.4) is 0 Å². The van der Waals surface area contributed by atoms with E-state index in [0.29, 0.717) is 44.5 Å². The first-order valence-electron chi connectivity index (χ1n) is 7.40. The van der Waals surface area contributed by atoms with E-state index in [1.54, 1.807) is 6.07 Å². The largest absolute Gasteiger partial charge is 0.508 e. The van der Waals surface area contributed by atoms with Crippen molar-refractivity contribution < 1.29 is 24.1 Å². The SMILES string of the molecule is CC(C)COC(=O)COCCc1cc(O)cc(OCCN)c1. The molecule has 3 N–H and O–H groups in total. The van der Waals surface area contributed by atoms with Gasteiger partial charge in [-0.1, -0.05) is 13.8 Å². The van der Waals surface area contributed by atoms with Gasteiger partial charge in [0, 0.05) is 12.6 Å². The van der Waals surface area contributed by atoms with Crippen LogP contribution in [0.2, 0.25) is 0 Å². The molecule has 6 heteroatoms. The first-order valence-corrected chi connectivity index (χ1v) is 7.40. The highest BCUT2D eigenvalue weighted by Gasteiger charge is 2.06. The Balaban J connectivity index is 2.32. The molecule has 0 aromatic heterocycles. The van der Waals surface area contributed by atoms with Crippen molar-refractivity contribution >= 4 is 5.97 Å². The van der Waals surface area contributed by atoms with E-state index < -0.39 is 0 Å². The van der Waals surface area contributed by atoms with E-state index in [9.17, 15) is 9.90 Å². The molecule has 22 heavy (non-hydrogen) atoms. The molecule has 6 nitrogen and oxygen atoms in total. The Hall–Kier alpha value is -1.79. The van der Waals surface area contributed by atoms with Gasteiger partial charge in [0.2, 0.25) is 0 Å². The number of nitrogens with two attached hydrogens (primary N) is 1. The lowest BCUT2D eigenvalue weighted by molar-refractivity contribution is -0.150. The molecule has 1 aromatic rings.